The standard InChI is InChI=1S/C17H27FN2O/c1-4-19-17(15-7-5-6-8-16(15)18)9-10-20-11-13(2)21-14(3)12-20/h5-8,13-14,17,19H,4,9-12H2,1-3H3. The van der Waals surface area contributed by atoms with E-state index in [9.17, 15) is 4.39 Å². The number of nitrogens with one attached hydrogen (secondary N) is 1. The molecule has 1 aromatic rings. The highest BCUT2D eigenvalue weighted by molar-refractivity contribution is 5.21. The van der Waals surface area contributed by atoms with Crippen molar-refractivity contribution < 1.29 is 9.13 Å². The molecule has 0 radical (unpaired) electrons. The number of morpholine rings is 1. The zero-order valence-electron chi connectivity index (χ0n) is 13.3. The quantitative estimate of drug-likeness (QED) is 0.873. The lowest BCUT2D eigenvalue weighted by molar-refractivity contribution is -0.0686. The Kier molecular flexibility index (Phi) is 6.15. The summed E-state index contributed by atoms with van der Waals surface area (Å²) >= 11 is 0. The number of halogens is 1. The highest BCUT2D eigenvalue weighted by Crippen LogP contribution is 2.21. The lowest BCUT2D eigenvalue weighted by atomic mass is 10.0. The Morgan fingerprint density at radius 1 is 1.29 bits per heavy atom. The predicted molar refractivity (Wildman–Crippen MR) is 83.9 cm³/mol. The highest BCUT2D eigenvalue weighted by Gasteiger charge is 2.23. The van der Waals surface area contributed by atoms with Crippen LogP contribution in [0.25, 0.3) is 0 Å². The van der Waals surface area contributed by atoms with Gasteiger partial charge in [0.05, 0.1) is 12.2 Å². The molecule has 2 rings (SSSR count). The normalized spacial score (nSPS) is 25.0. The molecule has 1 aliphatic rings. The summed E-state index contributed by atoms with van der Waals surface area (Å²) in [5.41, 5.74) is 0.772. The minimum Gasteiger partial charge on any atom is -0.373 e. The zero-order valence-corrected chi connectivity index (χ0v) is 13.3. The second-order valence-corrected chi connectivity index (χ2v) is 5.94. The first-order chi connectivity index (χ1) is 10.1. The highest BCUT2D eigenvalue weighted by atomic mass is 19.1. The minimum absolute atomic E-state index is 0.0738. The Balaban J connectivity index is 1.96. The molecule has 1 aliphatic heterocycles. The van der Waals surface area contributed by atoms with Crippen molar-refractivity contribution in [1.82, 2.24) is 10.2 Å². The monoisotopic (exact) mass is 294 g/mol. The van der Waals surface area contributed by atoms with Crippen LogP contribution >= 0.6 is 0 Å². The van der Waals surface area contributed by atoms with E-state index in [0.717, 1.165) is 38.2 Å². The third-order valence-corrected chi connectivity index (χ3v) is 3.96. The summed E-state index contributed by atoms with van der Waals surface area (Å²) in [6.07, 6.45) is 1.47. The summed E-state index contributed by atoms with van der Waals surface area (Å²) in [7, 11) is 0. The van der Waals surface area contributed by atoms with Crippen molar-refractivity contribution in [2.24, 2.45) is 0 Å². The van der Waals surface area contributed by atoms with Crippen LogP contribution in [0.15, 0.2) is 24.3 Å². The van der Waals surface area contributed by atoms with E-state index >= 15 is 0 Å². The van der Waals surface area contributed by atoms with Gasteiger partial charge < -0.3 is 10.1 Å². The fourth-order valence-electron chi connectivity index (χ4n) is 3.15. The molecule has 4 heteroatoms. The van der Waals surface area contributed by atoms with Crippen molar-refractivity contribution in [1.29, 1.82) is 0 Å². The average molecular weight is 294 g/mol. The minimum atomic E-state index is -0.118. The molecular formula is C17H27FN2O. The molecule has 0 aliphatic carbocycles. The Morgan fingerprint density at radius 2 is 1.95 bits per heavy atom. The van der Waals surface area contributed by atoms with E-state index in [4.69, 9.17) is 4.74 Å². The van der Waals surface area contributed by atoms with Gasteiger partial charge in [-0.3, -0.25) is 4.90 Å². The Hall–Kier alpha value is -0.970. The summed E-state index contributed by atoms with van der Waals surface area (Å²) in [6, 6.07) is 7.14. The first kappa shape index (κ1) is 16.4. The van der Waals surface area contributed by atoms with Crippen LogP contribution in [0.5, 0.6) is 0 Å². The summed E-state index contributed by atoms with van der Waals surface area (Å²) < 4.78 is 19.7. The maximum atomic E-state index is 14.0. The third-order valence-electron chi connectivity index (χ3n) is 3.96. The van der Waals surface area contributed by atoms with Gasteiger partial charge in [0.2, 0.25) is 0 Å². The molecule has 1 heterocycles. The van der Waals surface area contributed by atoms with Crippen LogP contribution in [0.2, 0.25) is 0 Å². The first-order valence-corrected chi connectivity index (χ1v) is 7.95. The van der Waals surface area contributed by atoms with E-state index in [-0.39, 0.29) is 24.1 Å². The zero-order chi connectivity index (χ0) is 15.2. The summed E-state index contributed by atoms with van der Waals surface area (Å²) in [5, 5.41) is 3.40. The number of benzene rings is 1. The van der Waals surface area contributed by atoms with Crippen molar-refractivity contribution >= 4 is 0 Å². The largest absolute Gasteiger partial charge is 0.373 e. The number of hydrogen-bond donors (Lipinski definition) is 1. The Bertz CT molecular complexity index is 431. The number of hydrogen-bond acceptors (Lipinski definition) is 3. The Labute approximate surface area is 127 Å². The van der Waals surface area contributed by atoms with Gasteiger partial charge in [-0.15, -0.1) is 0 Å². The van der Waals surface area contributed by atoms with Crippen LogP contribution in [0, 0.1) is 5.82 Å². The maximum absolute atomic E-state index is 14.0. The first-order valence-electron chi connectivity index (χ1n) is 7.95. The van der Waals surface area contributed by atoms with Crippen molar-refractivity contribution in [3.8, 4) is 0 Å². The molecule has 0 spiro atoms. The van der Waals surface area contributed by atoms with E-state index in [1.54, 1.807) is 12.1 Å². The molecule has 3 unspecified atom stereocenters. The van der Waals surface area contributed by atoms with Gasteiger partial charge in [0, 0.05) is 31.2 Å². The number of ether oxygens (including phenoxy) is 1. The Morgan fingerprint density at radius 3 is 2.57 bits per heavy atom. The molecule has 1 aromatic carbocycles. The van der Waals surface area contributed by atoms with Crippen LogP contribution in [0.3, 0.4) is 0 Å². The van der Waals surface area contributed by atoms with Crippen LogP contribution in [-0.4, -0.2) is 43.3 Å². The van der Waals surface area contributed by atoms with Crippen molar-refractivity contribution in [2.75, 3.05) is 26.2 Å². The molecular weight excluding hydrogens is 267 g/mol. The fourth-order valence-corrected chi connectivity index (χ4v) is 3.15. The second-order valence-electron chi connectivity index (χ2n) is 5.94. The summed E-state index contributed by atoms with van der Waals surface area (Å²) in [4.78, 5) is 2.42. The second kappa shape index (κ2) is 7.87. The van der Waals surface area contributed by atoms with Crippen molar-refractivity contribution in [3.63, 3.8) is 0 Å². The van der Waals surface area contributed by atoms with Crippen molar-refractivity contribution in [2.45, 2.75) is 45.4 Å². The molecule has 1 saturated heterocycles. The molecule has 118 valence electrons. The third kappa shape index (κ3) is 4.77. The molecule has 1 fully saturated rings. The molecule has 21 heavy (non-hydrogen) atoms. The average Bonchev–Trinajstić information content (AvgIpc) is 2.43. The van der Waals surface area contributed by atoms with Gasteiger partial charge in [-0.25, -0.2) is 4.39 Å². The van der Waals surface area contributed by atoms with E-state index in [1.165, 1.54) is 0 Å². The van der Waals surface area contributed by atoms with E-state index in [0.29, 0.717) is 0 Å². The molecule has 1 N–H and O–H groups in total. The molecule has 0 aromatic heterocycles. The van der Waals surface area contributed by atoms with Gasteiger partial charge in [-0.1, -0.05) is 25.1 Å². The summed E-state index contributed by atoms with van der Waals surface area (Å²) in [5.74, 6) is -0.118. The van der Waals surface area contributed by atoms with E-state index < -0.39 is 0 Å². The molecule has 0 amide bonds. The number of rotatable bonds is 6. The van der Waals surface area contributed by atoms with Crippen LogP contribution in [-0.2, 0) is 4.74 Å². The smallest absolute Gasteiger partial charge is 0.127 e. The van der Waals surface area contributed by atoms with Crippen LogP contribution < -0.4 is 5.32 Å². The number of nitrogens with zero attached hydrogens (tertiary/aromatic N) is 1. The van der Waals surface area contributed by atoms with Gasteiger partial charge in [0.1, 0.15) is 5.82 Å². The lowest BCUT2D eigenvalue weighted by Gasteiger charge is -2.36. The maximum Gasteiger partial charge on any atom is 0.127 e. The van der Waals surface area contributed by atoms with Gasteiger partial charge in [0.25, 0.3) is 0 Å². The van der Waals surface area contributed by atoms with Crippen LogP contribution in [0.4, 0.5) is 4.39 Å². The van der Waals surface area contributed by atoms with E-state index in [2.05, 4.69) is 31.0 Å². The van der Waals surface area contributed by atoms with Gasteiger partial charge in [-0.05, 0) is 32.9 Å². The fraction of sp³-hybridized carbons (Fsp3) is 0.647. The topological polar surface area (TPSA) is 24.5 Å². The SMILES string of the molecule is CCNC(CCN1CC(C)OC(C)C1)c1ccccc1F. The molecule has 0 bridgehead atoms. The molecule has 3 atom stereocenters. The van der Waals surface area contributed by atoms with Gasteiger partial charge in [-0.2, -0.15) is 0 Å². The van der Waals surface area contributed by atoms with Crippen molar-refractivity contribution in [3.05, 3.63) is 35.6 Å². The van der Waals surface area contributed by atoms with Crippen LogP contribution in [0.1, 0.15) is 38.8 Å². The molecule has 0 saturated carbocycles. The lowest BCUT2D eigenvalue weighted by Crippen LogP contribution is -2.46. The predicted octanol–water partition coefficient (Wildman–Crippen LogP) is 2.98. The van der Waals surface area contributed by atoms with E-state index in [1.807, 2.05) is 12.1 Å². The summed E-state index contributed by atoms with van der Waals surface area (Å²) in [6.45, 7) is 10.0. The molecule has 3 nitrogen and oxygen atoms in total. The van der Waals surface area contributed by atoms with Gasteiger partial charge >= 0.3 is 0 Å². The van der Waals surface area contributed by atoms with Gasteiger partial charge in [0.15, 0.2) is 0 Å².